The molecule has 3 aliphatic rings. The van der Waals surface area contributed by atoms with Crippen molar-refractivity contribution >= 4 is 5.91 Å². The lowest BCUT2D eigenvalue weighted by Gasteiger charge is -2.52. The molecule has 1 N–H and O–H groups in total. The molecule has 2 fully saturated rings. The van der Waals surface area contributed by atoms with Gasteiger partial charge in [-0.3, -0.25) is 4.79 Å². The van der Waals surface area contributed by atoms with Gasteiger partial charge in [0.1, 0.15) is 0 Å². The molecule has 22 heavy (non-hydrogen) atoms. The van der Waals surface area contributed by atoms with E-state index in [1.807, 2.05) is 6.07 Å². The van der Waals surface area contributed by atoms with Crippen LogP contribution in [0.1, 0.15) is 79.5 Å². The van der Waals surface area contributed by atoms with Crippen molar-refractivity contribution in [1.29, 1.82) is 0 Å². The Hall–Kier alpha value is -1.45. The molecule has 1 unspecified atom stereocenters. The zero-order chi connectivity index (χ0) is 15.0. The molecule has 0 aliphatic heterocycles. The standard InChI is InChI=1S/C18H25N3O/c22-17(15-12-13-6-2-3-7-14(13)20-21-15)19-16-8-11-18(16)9-4-1-5-10-18/h12,16H,1-11H2,(H,19,22). The van der Waals surface area contributed by atoms with Crippen molar-refractivity contribution < 1.29 is 4.79 Å². The summed E-state index contributed by atoms with van der Waals surface area (Å²) in [7, 11) is 0. The van der Waals surface area contributed by atoms with Crippen molar-refractivity contribution in [3.05, 3.63) is 23.0 Å². The van der Waals surface area contributed by atoms with Gasteiger partial charge in [-0.1, -0.05) is 19.3 Å². The van der Waals surface area contributed by atoms with E-state index in [-0.39, 0.29) is 5.91 Å². The van der Waals surface area contributed by atoms with E-state index in [2.05, 4.69) is 15.5 Å². The number of aromatic nitrogens is 2. The Morgan fingerprint density at radius 3 is 2.64 bits per heavy atom. The number of nitrogens with one attached hydrogen (secondary N) is 1. The minimum atomic E-state index is -0.0180. The monoisotopic (exact) mass is 299 g/mol. The molecule has 0 aromatic carbocycles. The molecule has 0 saturated heterocycles. The normalized spacial score (nSPS) is 26.1. The van der Waals surface area contributed by atoms with Crippen LogP contribution in [0.2, 0.25) is 0 Å². The van der Waals surface area contributed by atoms with E-state index in [0.29, 0.717) is 17.2 Å². The first-order chi connectivity index (χ1) is 10.8. The Labute approximate surface area is 132 Å². The first kappa shape index (κ1) is 14.2. The fourth-order valence-corrected chi connectivity index (χ4v) is 4.61. The van der Waals surface area contributed by atoms with Crippen LogP contribution in [-0.4, -0.2) is 22.1 Å². The molecule has 118 valence electrons. The van der Waals surface area contributed by atoms with E-state index >= 15 is 0 Å². The molecule has 0 radical (unpaired) electrons. The Balaban J connectivity index is 1.46. The van der Waals surface area contributed by atoms with Crippen LogP contribution in [0.15, 0.2) is 6.07 Å². The third-order valence-electron chi connectivity index (χ3n) is 6.13. The van der Waals surface area contributed by atoms with Crippen molar-refractivity contribution in [1.82, 2.24) is 15.5 Å². The van der Waals surface area contributed by atoms with Crippen LogP contribution < -0.4 is 5.32 Å². The molecular weight excluding hydrogens is 274 g/mol. The average Bonchev–Trinajstić information content (AvgIpc) is 2.59. The lowest BCUT2D eigenvalue weighted by molar-refractivity contribution is 0.0221. The smallest absolute Gasteiger partial charge is 0.272 e. The van der Waals surface area contributed by atoms with Crippen LogP contribution in [0.3, 0.4) is 0 Å². The zero-order valence-corrected chi connectivity index (χ0v) is 13.2. The van der Waals surface area contributed by atoms with E-state index in [1.54, 1.807) is 0 Å². The molecule has 2 saturated carbocycles. The summed E-state index contributed by atoms with van der Waals surface area (Å²) >= 11 is 0. The van der Waals surface area contributed by atoms with E-state index in [1.165, 1.54) is 56.9 Å². The second-order valence-corrected chi connectivity index (χ2v) is 7.40. The van der Waals surface area contributed by atoms with Gasteiger partial charge < -0.3 is 5.32 Å². The number of hydrogen-bond donors (Lipinski definition) is 1. The zero-order valence-electron chi connectivity index (χ0n) is 13.2. The molecule has 3 aliphatic carbocycles. The Kier molecular flexibility index (Phi) is 3.63. The highest BCUT2D eigenvalue weighted by Gasteiger charge is 2.47. The summed E-state index contributed by atoms with van der Waals surface area (Å²) in [6, 6.07) is 2.33. The van der Waals surface area contributed by atoms with E-state index < -0.39 is 0 Å². The van der Waals surface area contributed by atoms with Crippen LogP contribution in [-0.2, 0) is 12.8 Å². The van der Waals surface area contributed by atoms with Gasteiger partial charge >= 0.3 is 0 Å². The van der Waals surface area contributed by atoms with Gasteiger partial charge in [-0.15, -0.1) is 5.10 Å². The second-order valence-electron chi connectivity index (χ2n) is 7.40. The molecule has 4 rings (SSSR count). The van der Waals surface area contributed by atoms with Crippen molar-refractivity contribution in [2.24, 2.45) is 5.41 Å². The summed E-state index contributed by atoms with van der Waals surface area (Å²) in [6.07, 6.45) is 13.4. The van der Waals surface area contributed by atoms with Gasteiger partial charge in [-0.2, -0.15) is 5.10 Å². The topological polar surface area (TPSA) is 54.9 Å². The highest BCUT2D eigenvalue weighted by molar-refractivity contribution is 5.92. The molecule has 0 bridgehead atoms. The summed E-state index contributed by atoms with van der Waals surface area (Å²) < 4.78 is 0. The Morgan fingerprint density at radius 2 is 1.86 bits per heavy atom. The molecule has 1 spiro atoms. The SMILES string of the molecule is O=C(NC1CCC12CCCCC2)c1cc2c(nn1)CCCC2. The average molecular weight is 299 g/mol. The maximum absolute atomic E-state index is 12.5. The number of carbonyl (C=O) groups is 1. The van der Waals surface area contributed by atoms with Gasteiger partial charge in [-0.05, 0) is 68.4 Å². The van der Waals surface area contributed by atoms with Crippen LogP contribution in [0.5, 0.6) is 0 Å². The van der Waals surface area contributed by atoms with Crippen LogP contribution >= 0.6 is 0 Å². The number of rotatable bonds is 2. The summed E-state index contributed by atoms with van der Waals surface area (Å²) in [5.74, 6) is -0.0180. The molecule has 1 aromatic heterocycles. The van der Waals surface area contributed by atoms with Crippen molar-refractivity contribution in [3.63, 3.8) is 0 Å². The van der Waals surface area contributed by atoms with Gasteiger partial charge in [-0.25, -0.2) is 0 Å². The molecule has 1 heterocycles. The second kappa shape index (κ2) is 5.64. The third-order valence-corrected chi connectivity index (χ3v) is 6.13. The maximum Gasteiger partial charge on any atom is 0.272 e. The van der Waals surface area contributed by atoms with Gasteiger partial charge in [0.2, 0.25) is 0 Å². The van der Waals surface area contributed by atoms with Crippen LogP contribution in [0.25, 0.3) is 0 Å². The quantitative estimate of drug-likeness (QED) is 0.912. The van der Waals surface area contributed by atoms with Gasteiger partial charge in [0, 0.05) is 6.04 Å². The largest absolute Gasteiger partial charge is 0.347 e. The highest BCUT2D eigenvalue weighted by Crippen LogP contribution is 2.51. The number of fused-ring (bicyclic) bond motifs is 1. The van der Waals surface area contributed by atoms with E-state index in [0.717, 1.165) is 25.0 Å². The van der Waals surface area contributed by atoms with Crippen molar-refractivity contribution in [3.8, 4) is 0 Å². The Morgan fingerprint density at radius 1 is 1.05 bits per heavy atom. The number of hydrogen-bond acceptors (Lipinski definition) is 3. The molecular formula is C18H25N3O. The number of carbonyl (C=O) groups excluding carboxylic acids is 1. The lowest BCUT2D eigenvalue weighted by Crippen LogP contribution is -2.56. The number of amides is 1. The highest BCUT2D eigenvalue weighted by atomic mass is 16.2. The van der Waals surface area contributed by atoms with Gasteiger partial charge in [0.15, 0.2) is 5.69 Å². The number of aryl methyl sites for hydroxylation is 2. The predicted octanol–water partition coefficient (Wildman–Crippen LogP) is 3.20. The molecule has 4 heteroatoms. The summed E-state index contributed by atoms with van der Waals surface area (Å²) in [6.45, 7) is 0. The molecule has 1 atom stereocenters. The van der Waals surface area contributed by atoms with Crippen molar-refractivity contribution in [2.45, 2.75) is 76.7 Å². The first-order valence-electron chi connectivity index (χ1n) is 8.93. The molecule has 1 aromatic rings. The third kappa shape index (κ3) is 2.42. The van der Waals surface area contributed by atoms with E-state index in [9.17, 15) is 4.79 Å². The molecule has 1 amide bonds. The summed E-state index contributed by atoms with van der Waals surface area (Å²) in [5, 5.41) is 11.7. The predicted molar refractivity (Wildman–Crippen MR) is 84.7 cm³/mol. The maximum atomic E-state index is 12.5. The fourth-order valence-electron chi connectivity index (χ4n) is 4.61. The van der Waals surface area contributed by atoms with Gasteiger partial charge in [0.25, 0.3) is 5.91 Å². The Bertz CT molecular complexity index is 578. The van der Waals surface area contributed by atoms with Crippen LogP contribution in [0.4, 0.5) is 0 Å². The van der Waals surface area contributed by atoms with E-state index in [4.69, 9.17) is 0 Å². The van der Waals surface area contributed by atoms with Gasteiger partial charge in [0.05, 0.1) is 5.69 Å². The summed E-state index contributed by atoms with van der Waals surface area (Å²) in [5.41, 5.74) is 3.23. The minimum Gasteiger partial charge on any atom is -0.347 e. The molecule has 4 nitrogen and oxygen atoms in total. The summed E-state index contributed by atoms with van der Waals surface area (Å²) in [4.78, 5) is 12.5. The number of nitrogens with zero attached hydrogens (tertiary/aromatic N) is 2. The lowest BCUT2D eigenvalue weighted by atomic mass is 9.57. The van der Waals surface area contributed by atoms with Crippen LogP contribution in [0, 0.1) is 5.41 Å². The van der Waals surface area contributed by atoms with Crippen molar-refractivity contribution in [2.75, 3.05) is 0 Å². The minimum absolute atomic E-state index is 0.0180. The fraction of sp³-hybridized carbons (Fsp3) is 0.722. The first-order valence-corrected chi connectivity index (χ1v) is 8.93.